The first-order valence-corrected chi connectivity index (χ1v) is 10.2. The maximum absolute atomic E-state index is 13.5. The second-order valence-electron chi connectivity index (χ2n) is 7.32. The number of carbonyl (C=O) groups is 2. The molecular weight excluding hydrogens is 401 g/mol. The summed E-state index contributed by atoms with van der Waals surface area (Å²) in [4.78, 5) is 27.2. The number of hydrogen-bond donors (Lipinski definition) is 1. The van der Waals surface area contributed by atoms with Crippen molar-refractivity contribution in [2.75, 3.05) is 20.8 Å². The van der Waals surface area contributed by atoms with Gasteiger partial charge in [0.1, 0.15) is 11.6 Å². The number of aliphatic hydroxyl groups is 1. The minimum absolute atomic E-state index is 0.0275. The lowest BCUT2D eigenvalue weighted by Gasteiger charge is -2.25. The van der Waals surface area contributed by atoms with Crippen LogP contribution in [0.2, 0.25) is 0 Å². The maximum Gasteiger partial charge on any atom is 0.295 e. The summed E-state index contributed by atoms with van der Waals surface area (Å²) in [6, 6.07) is 9.55. The van der Waals surface area contributed by atoms with Crippen LogP contribution < -0.4 is 9.47 Å². The molecule has 1 aliphatic heterocycles. The van der Waals surface area contributed by atoms with E-state index in [1.165, 1.54) is 43.4 Å². The third-order valence-corrected chi connectivity index (χ3v) is 5.39. The fourth-order valence-corrected chi connectivity index (χ4v) is 3.77. The van der Waals surface area contributed by atoms with Gasteiger partial charge in [0.2, 0.25) is 0 Å². The summed E-state index contributed by atoms with van der Waals surface area (Å²) in [6.07, 6.45) is 2.57. The van der Waals surface area contributed by atoms with E-state index in [2.05, 4.69) is 0 Å². The van der Waals surface area contributed by atoms with Crippen molar-refractivity contribution >= 4 is 17.4 Å². The van der Waals surface area contributed by atoms with E-state index in [1.807, 2.05) is 6.92 Å². The predicted octanol–water partition coefficient (Wildman–Crippen LogP) is 4.45. The molecule has 0 bridgehead atoms. The number of rotatable bonds is 8. The molecule has 1 atom stereocenters. The standard InChI is InChI=1S/C24H26FNO5/c1-4-5-6-13-26-21(15-7-10-17(25)11-8-15)20(23(28)24(26)29)22(27)16-9-12-18(30-2)19(14-16)31-3/h7-12,14,21,27H,4-6,13H2,1-3H3/b22-20-. The SMILES string of the molecule is CCCCCN1C(=O)C(=O)/C(=C(\O)c2ccc(OC)c(OC)c2)C1c1ccc(F)cc1. The van der Waals surface area contributed by atoms with Gasteiger partial charge in [-0.3, -0.25) is 9.59 Å². The van der Waals surface area contributed by atoms with Crippen LogP contribution in [0.25, 0.3) is 5.76 Å². The minimum Gasteiger partial charge on any atom is -0.507 e. The number of likely N-dealkylation sites (tertiary alicyclic amines) is 1. The van der Waals surface area contributed by atoms with Crippen LogP contribution in [0.15, 0.2) is 48.0 Å². The number of unbranched alkanes of at least 4 members (excludes halogenated alkanes) is 2. The fraction of sp³-hybridized carbons (Fsp3) is 0.333. The lowest BCUT2D eigenvalue weighted by Crippen LogP contribution is -2.30. The number of ether oxygens (including phenoxy) is 2. The van der Waals surface area contributed by atoms with Gasteiger partial charge < -0.3 is 19.5 Å². The van der Waals surface area contributed by atoms with Gasteiger partial charge in [-0.05, 0) is 42.3 Å². The lowest BCUT2D eigenvalue weighted by atomic mass is 9.95. The molecule has 31 heavy (non-hydrogen) atoms. The van der Waals surface area contributed by atoms with E-state index in [4.69, 9.17) is 9.47 Å². The third kappa shape index (κ3) is 4.40. The first-order valence-electron chi connectivity index (χ1n) is 10.2. The van der Waals surface area contributed by atoms with E-state index in [9.17, 15) is 19.1 Å². The largest absolute Gasteiger partial charge is 0.507 e. The molecule has 1 aliphatic rings. The summed E-state index contributed by atoms with van der Waals surface area (Å²) >= 11 is 0. The number of benzene rings is 2. The molecule has 6 nitrogen and oxygen atoms in total. The van der Waals surface area contributed by atoms with Crippen LogP contribution in [0.3, 0.4) is 0 Å². The van der Waals surface area contributed by atoms with Crippen LogP contribution in [-0.2, 0) is 9.59 Å². The molecule has 1 fully saturated rings. The molecule has 1 unspecified atom stereocenters. The monoisotopic (exact) mass is 427 g/mol. The second-order valence-corrected chi connectivity index (χ2v) is 7.32. The van der Waals surface area contributed by atoms with Crippen LogP contribution >= 0.6 is 0 Å². The molecule has 2 aromatic carbocycles. The topological polar surface area (TPSA) is 76.1 Å². The number of amides is 1. The number of aliphatic hydroxyl groups excluding tert-OH is 1. The van der Waals surface area contributed by atoms with Crippen molar-refractivity contribution in [3.05, 3.63) is 65.0 Å². The molecule has 2 aromatic rings. The Hall–Kier alpha value is -3.35. The molecule has 0 aliphatic carbocycles. The number of halogens is 1. The van der Waals surface area contributed by atoms with Gasteiger partial charge in [0.25, 0.3) is 11.7 Å². The molecule has 7 heteroatoms. The summed E-state index contributed by atoms with van der Waals surface area (Å²) in [5.74, 6) is -1.33. The smallest absolute Gasteiger partial charge is 0.295 e. The summed E-state index contributed by atoms with van der Waals surface area (Å²) in [7, 11) is 2.96. The van der Waals surface area contributed by atoms with Crippen molar-refractivity contribution in [2.24, 2.45) is 0 Å². The average Bonchev–Trinajstić information content (AvgIpc) is 3.03. The van der Waals surface area contributed by atoms with Crippen molar-refractivity contribution < 1.29 is 28.6 Å². The zero-order valence-corrected chi connectivity index (χ0v) is 17.9. The second kappa shape index (κ2) is 9.64. The number of ketones is 1. The summed E-state index contributed by atoms with van der Waals surface area (Å²) in [5.41, 5.74) is 0.843. The Labute approximate surface area is 180 Å². The van der Waals surface area contributed by atoms with Gasteiger partial charge in [-0.15, -0.1) is 0 Å². The van der Waals surface area contributed by atoms with Gasteiger partial charge in [0, 0.05) is 12.1 Å². The van der Waals surface area contributed by atoms with Gasteiger partial charge in [0.05, 0.1) is 25.8 Å². The van der Waals surface area contributed by atoms with Crippen LogP contribution in [0.5, 0.6) is 11.5 Å². The van der Waals surface area contributed by atoms with Crippen molar-refractivity contribution in [2.45, 2.75) is 32.2 Å². The highest BCUT2D eigenvalue weighted by Gasteiger charge is 2.45. The predicted molar refractivity (Wildman–Crippen MR) is 114 cm³/mol. The third-order valence-electron chi connectivity index (χ3n) is 5.39. The van der Waals surface area contributed by atoms with Crippen molar-refractivity contribution in [1.29, 1.82) is 0 Å². The first-order chi connectivity index (χ1) is 14.9. The molecule has 0 saturated carbocycles. The van der Waals surface area contributed by atoms with Gasteiger partial charge in [-0.2, -0.15) is 0 Å². The fourth-order valence-electron chi connectivity index (χ4n) is 3.77. The number of hydrogen-bond acceptors (Lipinski definition) is 5. The quantitative estimate of drug-likeness (QED) is 0.291. The minimum atomic E-state index is -0.800. The van der Waals surface area contributed by atoms with E-state index < -0.39 is 23.5 Å². The normalized spacial score (nSPS) is 17.8. The Morgan fingerprint density at radius 1 is 1.03 bits per heavy atom. The zero-order valence-electron chi connectivity index (χ0n) is 17.9. The molecule has 1 saturated heterocycles. The maximum atomic E-state index is 13.5. The van der Waals surface area contributed by atoms with Crippen molar-refractivity contribution in [3.8, 4) is 11.5 Å². The molecule has 164 valence electrons. The highest BCUT2D eigenvalue weighted by atomic mass is 19.1. The number of nitrogens with zero attached hydrogens (tertiary/aromatic N) is 1. The molecule has 0 radical (unpaired) electrons. The van der Waals surface area contributed by atoms with Crippen LogP contribution in [0.1, 0.15) is 43.4 Å². The number of Topliss-reactive ketones (excluding diaryl/α,β-unsaturated/α-hetero) is 1. The molecule has 0 aromatic heterocycles. The van der Waals surface area contributed by atoms with Gasteiger partial charge in [-0.25, -0.2) is 4.39 Å². The highest BCUT2D eigenvalue weighted by Crippen LogP contribution is 2.40. The lowest BCUT2D eigenvalue weighted by molar-refractivity contribution is -0.139. The molecule has 1 amide bonds. The van der Waals surface area contributed by atoms with Gasteiger partial charge in [0.15, 0.2) is 11.5 Å². The number of methoxy groups -OCH3 is 2. The molecule has 3 rings (SSSR count). The Morgan fingerprint density at radius 2 is 1.71 bits per heavy atom. The van der Waals surface area contributed by atoms with E-state index in [1.54, 1.807) is 18.2 Å². The Kier molecular flexibility index (Phi) is 6.95. The van der Waals surface area contributed by atoms with Gasteiger partial charge in [-0.1, -0.05) is 31.9 Å². The molecular formula is C24H26FNO5. The van der Waals surface area contributed by atoms with E-state index in [0.717, 1.165) is 19.3 Å². The Bertz CT molecular complexity index is 1000. The number of carbonyl (C=O) groups excluding carboxylic acids is 2. The van der Waals surface area contributed by atoms with E-state index in [-0.39, 0.29) is 11.3 Å². The Morgan fingerprint density at radius 3 is 2.32 bits per heavy atom. The summed E-state index contributed by atoms with van der Waals surface area (Å²) in [6.45, 7) is 2.41. The summed E-state index contributed by atoms with van der Waals surface area (Å²) in [5, 5.41) is 11.1. The van der Waals surface area contributed by atoms with Crippen LogP contribution in [-0.4, -0.2) is 42.5 Å². The van der Waals surface area contributed by atoms with Crippen LogP contribution in [0.4, 0.5) is 4.39 Å². The van der Waals surface area contributed by atoms with Crippen molar-refractivity contribution in [1.82, 2.24) is 4.90 Å². The molecule has 1 heterocycles. The highest BCUT2D eigenvalue weighted by molar-refractivity contribution is 6.46. The summed E-state index contributed by atoms with van der Waals surface area (Å²) < 4.78 is 24.0. The van der Waals surface area contributed by atoms with E-state index in [0.29, 0.717) is 29.2 Å². The van der Waals surface area contributed by atoms with Crippen molar-refractivity contribution in [3.63, 3.8) is 0 Å². The zero-order chi connectivity index (χ0) is 22.5. The first kappa shape index (κ1) is 22.3. The van der Waals surface area contributed by atoms with Crippen LogP contribution in [0, 0.1) is 5.82 Å². The van der Waals surface area contributed by atoms with Gasteiger partial charge >= 0.3 is 0 Å². The molecule has 0 spiro atoms. The average molecular weight is 427 g/mol. The van der Waals surface area contributed by atoms with E-state index >= 15 is 0 Å². The Balaban J connectivity index is 2.13. The molecule has 1 N–H and O–H groups in total.